The molecule has 2 rings (SSSR count). The average Bonchev–Trinajstić information content (AvgIpc) is 3.06. The molecule has 88 valence electrons. The molecule has 1 aliphatic rings. The summed E-state index contributed by atoms with van der Waals surface area (Å²) in [6.07, 6.45) is 5.06. The van der Waals surface area contributed by atoms with E-state index in [1.54, 1.807) is 7.11 Å². The van der Waals surface area contributed by atoms with Crippen molar-refractivity contribution in [2.45, 2.75) is 44.9 Å². The van der Waals surface area contributed by atoms with Crippen molar-refractivity contribution in [1.82, 2.24) is 10.2 Å². The van der Waals surface area contributed by atoms with Gasteiger partial charge in [-0.1, -0.05) is 6.92 Å². The molecule has 16 heavy (non-hydrogen) atoms. The molecule has 0 spiro atoms. The highest BCUT2D eigenvalue weighted by Crippen LogP contribution is 2.41. The first-order chi connectivity index (χ1) is 7.76. The number of aryl methyl sites for hydroxylation is 1. The van der Waals surface area contributed by atoms with Gasteiger partial charge in [-0.2, -0.15) is 5.10 Å². The SMILES string of the molecule is CCc1[nH]nc(C2CC2)c1CCC(=N)OC. The summed E-state index contributed by atoms with van der Waals surface area (Å²) < 4.78 is 4.89. The highest BCUT2D eigenvalue weighted by Gasteiger charge is 2.29. The number of aromatic amines is 1. The van der Waals surface area contributed by atoms with Gasteiger partial charge in [0.25, 0.3) is 0 Å². The Balaban J connectivity index is 2.09. The van der Waals surface area contributed by atoms with Gasteiger partial charge < -0.3 is 4.74 Å². The lowest BCUT2D eigenvalue weighted by Crippen LogP contribution is -2.03. The number of hydrogen-bond acceptors (Lipinski definition) is 3. The topological polar surface area (TPSA) is 61.8 Å². The van der Waals surface area contributed by atoms with E-state index in [9.17, 15) is 0 Å². The Hall–Kier alpha value is -1.32. The van der Waals surface area contributed by atoms with Crippen molar-refractivity contribution < 1.29 is 4.74 Å². The molecule has 1 saturated carbocycles. The molecule has 1 aromatic heterocycles. The summed E-state index contributed by atoms with van der Waals surface area (Å²) in [6.45, 7) is 2.13. The van der Waals surface area contributed by atoms with Crippen LogP contribution in [0, 0.1) is 5.41 Å². The Bertz CT molecular complexity index is 380. The van der Waals surface area contributed by atoms with Crippen molar-refractivity contribution in [3.05, 3.63) is 17.0 Å². The van der Waals surface area contributed by atoms with E-state index in [-0.39, 0.29) is 0 Å². The van der Waals surface area contributed by atoms with E-state index in [0.29, 0.717) is 18.2 Å². The lowest BCUT2D eigenvalue weighted by molar-refractivity contribution is 0.386. The Labute approximate surface area is 95.9 Å². The highest BCUT2D eigenvalue weighted by atomic mass is 16.5. The van der Waals surface area contributed by atoms with Crippen LogP contribution in [-0.4, -0.2) is 23.2 Å². The summed E-state index contributed by atoms with van der Waals surface area (Å²) in [4.78, 5) is 0. The number of nitrogens with zero attached hydrogens (tertiary/aromatic N) is 1. The molecule has 0 aromatic carbocycles. The number of nitrogens with one attached hydrogen (secondary N) is 2. The zero-order valence-corrected chi connectivity index (χ0v) is 9.97. The molecule has 0 saturated heterocycles. The lowest BCUT2D eigenvalue weighted by atomic mass is 10.0. The smallest absolute Gasteiger partial charge is 0.180 e. The Morgan fingerprint density at radius 1 is 1.56 bits per heavy atom. The molecule has 4 heteroatoms. The fourth-order valence-corrected chi connectivity index (χ4v) is 2.02. The second-order valence-electron chi connectivity index (χ2n) is 4.32. The molecule has 1 aromatic rings. The summed E-state index contributed by atoms with van der Waals surface area (Å²) in [5, 5.41) is 15.1. The lowest BCUT2D eigenvalue weighted by Gasteiger charge is -2.04. The second kappa shape index (κ2) is 4.68. The van der Waals surface area contributed by atoms with Gasteiger partial charge in [-0.3, -0.25) is 10.5 Å². The minimum absolute atomic E-state index is 0.352. The van der Waals surface area contributed by atoms with E-state index < -0.39 is 0 Å². The van der Waals surface area contributed by atoms with Crippen molar-refractivity contribution in [2.75, 3.05) is 7.11 Å². The summed E-state index contributed by atoms with van der Waals surface area (Å²) >= 11 is 0. The van der Waals surface area contributed by atoms with Crippen molar-refractivity contribution in [3.8, 4) is 0 Å². The van der Waals surface area contributed by atoms with Crippen LogP contribution in [0.15, 0.2) is 0 Å². The van der Waals surface area contributed by atoms with E-state index >= 15 is 0 Å². The molecule has 0 amide bonds. The molecule has 0 bridgehead atoms. The standard InChI is InChI=1S/C12H19N3O/c1-3-10-9(6-7-11(13)16-2)12(15-14-10)8-4-5-8/h8,13H,3-7H2,1-2H3,(H,14,15). The quantitative estimate of drug-likeness (QED) is 0.592. The monoisotopic (exact) mass is 221 g/mol. The Morgan fingerprint density at radius 3 is 2.88 bits per heavy atom. The molecule has 0 radical (unpaired) electrons. The maximum atomic E-state index is 7.51. The number of H-pyrrole nitrogens is 1. The van der Waals surface area contributed by atoms with Crippen molar-refractivity contribution >= 4 is 5.90 Å². The predicted molar refractivity (Wildman–Crippen MR) is 63.0 cm³/mol. The number of rotatable bonds is 5. The molecule has 1 aliphatic carbocycles. The van der Waals surface area contributed by atoms with Crippen LogP contribution in [0.25, 0.3) is 0 Å². The first-order valence-electron chi connectivity index (χ1n) is 5.93. The third kappa shape index (κ3) is 2.26. The van der Waals surface area contributed by atoms with Crippen LogP contribution < -0.4 is 0 Å². The minimum atomic E-state index is 0.352. The van der Waals surface area contributed by atoms with Crippen molar-refractivity contribution in [3.63, 3.8) is 0 Å². The maximum absolute atomic E-state index is 7.51. The second-order valence-corrected chi connectivity index (χ2v) is 4.32. The number of methoxy groups -OCH3 is 1. The molecule has 0 aliphatic heterocycles. The van der Waals surface area contributed by atoms with Gasteiger partial charge in [0.1, 0.15) is 0 Å². The van der Waals surface area contributed by atoms with Crippen LogP contribution in [0.4, 0.5) is 0 Å². The maximum Gasteiger partial charge on any atom is 0.180 e. The zero-order chi connectivity index (χ0) is 11.5. The summed E-state index contributed by atoms with van der Waals surface area (Å²) in [5.74, 6) is 1.02. The highest BCUT2D eigenvalue weighted by molar-refractivity contribution is 5.72. The van der Waals surface area contributed by atoms with Crippen LogP contribution in [0.1, 0.15) is 49.1 Å². The van der Waals surface area contributed by atoms with E-state index in [1.165, 1.54) is 29.8 Å². The number of hydrogen-bond donors (Lipinski definition) is 2. The number of ether oxygens (including phenoxy) is 1. The molecule has 0 atom stereocenters. The first kappa shape index (κ1) is 11.2. The predicted octanol–water partition coefficient (Wildman–Crippen LogP) is 2.41. The van der Waals surface area contributed by atoms with Crippen LogP contribution in [-0.2, 0) is 17.6 Å². The Morgan fingerprint density at radius 2 is 2.31 bits per heavy atom. The molecule has 1 fully saturated rings. The molecule has 0 unspecified atom stereocenters. The van der Waals surface area contributed by atoms with Gasteiger partial charge in [-0.25, -0.2) is 0 Å². The van der Waals surface area contributed by atoms with Gasteiger partial charge in [0, 0.05) is 18.0 Å². The average molecular weight is 221 g/mol. The normalized spacial score (nSPS) is 15.1. The summed E-state index contributed by atoms with van der Waals surface area (Å²) in [7, 11) is 1.56. The van der Waals surface area contributed by atoms with E-state index in [0.717, 1.165) is 12.8 Å². The van der Waals surface area contributed by atoms with Gasteiger partial charge in [-0.05, 0) is 31.2 Å². The van der Waals surface area contributed by atoms with E-state index in [2.05, 4.69) is 17.1 Å². The molecular weight excluding hydrogens is 202 g/mol. The third-order valence-corrected chi connectivity index (χ3v) is 3.15. The van der Waals surface area contributed by atoms with Gasteiger partial charge >= 0.3 is 0 Å². The molecule has 2 N–H and O–H groups in total. The minimum Gasteiger partial charge on any atom is -0.484 e. The van der Waals surface area contributed by atoms with Crippen molar-refractivity contribution in [2.24, 2.45) is 0 Å². The molecular formula is C12H19N3O. The van der Waals surface area contributed by atoms with Crippen LogP contribution >= 0.6 is 0 Å². The van der Waals surface area contributed by atoms with Crippen LogP contribution in [0.2, 0.25) is 0 Å². The van der Waals surface area contributed by atoms with Crippen molar-refractivity contribution in [1.29, 1.82) is 5.41 Å². The van der Waals surface area contributed by atoms with Gasteiger partial charge in [-0.15, -0.1) is 0 Å². The summed E-state index contributed by atoms with van der Waals surface area (Å²) in [5.41, 5.74) is 3.79. The first-order valence-corrected chi connectivity index (χ1v) is 5.93. The van der Waals surface area contributed by atoms with E-state index in [4.69, 9.17) is 10.1 Å². The third-order valence-electron chi connectivity index (χ3n) is 3.15. The van der Waals surface area contributed by atoms with Crippen LogP contribution in [0.3, 0.4) is 0 Å². The van der Waals surface area contributed by atoms with Gasteiger partial charge in [0.2, 0.25) is 0 Å². The molecule has 4 nitrogen and oxygen atoms in total. The Kier molecular flexibility index (Phi) is 3.27. The largest absolute Gasteiger partial charge is 0.484 e. The summed E-state index contributed by atoms with van der Waals surface area (Å²) in [6, 6.07) is 0. The van der Waals surface area contributed by atoms with Crippen LogP contribution in [0.5, 0.6) is 0 Å². The fraction of sp³-hybridized carbons (Fsp3) is 0.667. The zero-order valence-electron chi connectivity index (χ0n) is 9.97. The van der Waals surface area contributed by atoms with E-state index in [1.807, 2.05) is 0 Å². The number of aromatic nitrogens is 2. The van der Waals surface area contributed by atoms with Gasteiger partial charge in [0.15, 0.2) is 5.90 Å². The fourth-order valence-electron chi connectivity index (χ4n) is 2.02. The molecule has 1 heterocycles. The van der Waals surface area contributed by atoms with Gasteiger partial charge in [0.05, 0.1) is 12.8 Å².